The first kappa shape index (κ1) is 20.7. The Morgan fingerprint density at radius 3 is 2.77 bits per heavy atom. The van der Waals surface area contributed by atoms with E-state index in [2.05, 4.69) is 38.2 Å². The van der Waals surface area contributed by atoms with E-state index in [1.807, 2.05) is 30.3 Å². The Morgan fingerprint density at radius 1 is 1.29 bits per heavy atom. The fourth-order valence-electron chi connectivity index (χ4n) is 3.91. The second-order valence-corrected chi connectivity index (χ2v) is 7.74. The lowest BCUT2D eigenvalue weighted by Crippen LogP contribution is -3.11. The molecule has 0 bridgehead atoms. The minimum Gasteiger partial charge on any atom is -0.378 e. The van der Waals surface area contributed by atoms with Gasteiger partial charge in [0.05, 0.1) is 19.3 Å². The monoisotopic (exact) mass is 424 g/mol. The molecule has 0 spiro atoms. The number of anilines is 1. The molecule has 4 rings (SSSR count). The molecule has 1 fully saturated rings. The summed E-state index contributed by atoms with van der Waals surface area (Å²) in [6, 6.07) is 9.99. The van der Waals surface area contributed by atoms with Gasteiger partial charge >= 0.3 is 0 Å². The van der Waals surface area contributed by atoms with E-state index in [4.69, 9.17) is 10.4 Å². The Hall–Kier alpha value is -3.60. The summed E-state index contributed by atoms with van der Waals surface area (Å²) in [5, 5.41) is 19.7. The van der Waals surface area contributed by atoms with Crippen LogP contribution >= 0.6 is 0 Å². The topological polar surface area (TPSA) is 142 Å². The number of hydrazone groups is 1. The third-order valence-corrected chi connectivity index (χ3v) is 5.60. The van der Waals surface area contributed by atoms with Gasteiger partial charge < -0.3 is 10.6 Å². The predicted octanol–water partition coefficient (Wildman–Crippen LogP) is 0.344. The molecule has 2 aromatic heterocycles. The Labute approximate surface area is 179 Å². The zero-order chi connectivity index (χ0) is 21.6. The summed E-state index contributed by atoms with van der Waals surface area (Å²) in [5.74, 6) is -0.166. The average molecular weight is 424 g/mol. The summed E-state index contributed by atoms with van der Waals surface area (Å²) in [6.45, 7) is 0.523. The van der Waals surface area contributed by atoms with Crippen molar-refractivity contribution in [3.05, 3.63) is 47.3 Å². The van der Waals surface area contributed by atoms with Crippen LogP contribution in [0.3, 0.4) is 0 Å². The fraction of sp³-hybridized carbons (Fsp3) is 0.400. The normalized spacial score (nSPS) is 15.9. The minimum atomic E-state index is -0.458. The number of hydrogen-bond acceptors (Lipinski definition) is 8. The molecule has 1 aliphatic rings. The van der Waals surface area contributed by atoms with E-state index in [9.17, 15) is 4.79 Å². The van der Waals surface area contributed by atoms with Crippen LogP contribution in [0.25, 0.3) is 5.82 Å². The quantitative estimate of drug-likeness (QED) is 0.367. The van der Waals surface area contributed by atoms with Gasteiger partial charge in [-0.2, -0.15) is 9.78 Å². The molecule has 1 amide bonds. The number of nitrogens with zero attached hydrogens (tertiary/aromatic N) is 6. The smallest absolute Gasteiger partial charge is 0.294 e. The zero-order valence-electron chi connectivity index (χ0n) is 17.4. The summed E-state index contributed by atoms with van der Waals surface area (Å²) in [7, 11) is 2.12. The van der Waals surface area contributed by atoms with Crippen LogP contribution in [0.1, 0.15) is 53.8 Å². The molecule has 1 saturated carbocycles. The number of quaternary nitrogens is 1. The van der Waals surface area contributed by atoms with Crippen molar-refractivity contribution in [2.75, 3.05) is 12.8 Å². The van der Waals surface area contributed by atoms with Gasteiger partial charge in [-0.3, -0.25) is 4.79 Å². The number of carbonyl (C=O) groups is 1. The van der Waals surface area contributed by atoms with Crippen molar-refractivity contribution >= 4 is 17.9 Å². The maximum Gasteiger partial charge on any atom is 0.294 e. The van der Waals surface area contributed by atoms with Crippen LogP contribution in [-0.2, 0) is 6.54 Å². The SMILES string of the molecule is C[NH+](Cc1c(C(=O)N/N=C\c2ccccc2)nnn1-c1nonc1N)C1CCCCC1. The van der Waals surface area contributed by atoms with Crippen molar-refractivity contribution in [3.63, 3.8) is 0 Å². The number of carbonyl (C=O) groups excluding carboxylic acids is 1. The number of aromatic nitrogens is 5. The molecular formula is C20H26N9O2+. The van der Waals surface area contributed by atoms with Crippen molar-refractivity contribution < 1.29 is 14.3 Å². The summed E-state index contributed by atoms with van der Waals surface area (Å²) in [6.07, 6.45) is 7.61. The van der Waals surface area contributed by atoms with Crippen LogP contribution in [0.5, 0.6) is 0 Å². The predicted molar refractivity (Wildman–Crippen MR) is 113 cm³/mol. The largest absolute Gasteiger partial charge is 0.378 e. The number of nitrogens with two attached hydrogens (primary N) is 1. The Balaban J connectivity index is 1.57. The van der Waals surface area contributed by atoms with Crippen molar-refractivity contribution in [1.29, 1.82) is 0 Å². The van der Waals surface area contributed by atoms with Gasteiger partial charge in [0.15, 0.2) is 5.69 Å². The minimum absolute atomic E-state index is 0.0792. The molecule has 162 valence electrons. The van der Waals surface area contributed by atoms with Gasteiger partial charge in [0.25, 0.3) is 5.91 Å². The number of benzene rings is 1. The molecule has 1 atom stereocenters. The molecule has 11 nitrogen and oxygen atoms in total. The van der Waals surface area contributed by atoms with E-state index in [1.165, 1.54) is 28.8 Å². The maximum absolute atomic E-state index is 12.8. The van der Waals surface area contributed by atoms with Crippen molar-refractivity contribution in [2.24, 2.45) is 5.10 Å². The Morgan fingerprint density at radius 2 is 2.06 bits per heavy atom. The highest BCUT2D eigenvalue weighted by atomic mass is 16.6. The number of nitrogen functional groups attached to an aromatic ring is 1. The lowest BCUT2D eigenvalue weighted by molar-refractivity contribution is -0.921. The molecule has 3 aromatic rings. The van der Waals surface area contributed by atoms with Crippen LogP contribution in [0, 0.1) is 0 Å². The van der Waals surface area contributed by atoms with E-state index < -0.39 is 5.91 Å². The third kappa shape index (κ3) is 4.77. The molecule has 0 saturated heterocycles. The van der Waals surface area contributed by atoms with Gasteiger partial charge in [0, 0.05) is 0 Å². The van der Waals surface area contributed by atoms with Gasteiger partial charge in [-0.1, -0.05) is 42.0 Å². The summed E-state index contributed by atoms with van der Waals surface area (Å²) >= 11 is 0. The first-order chi connectivity index (χ1) is 15.1. The summed E-state index contributed by atoms with van der Waals surface area (Å²) < 4.78 is 6.14. The van der Waals surface area contributed by atoms with Gasteiger partial charge in [-0.25, -0.2) is 10.1 Å². The van der Waals surface area contributed by atoms with Crippen molar-refractivity contribution in [3.8, 4) is 5.82 Å². The molecule has 0 radical (unpaired) electrons. The van der Waals surface area contributed by atoms with Crippen molar-refractivity contribution in [1.82, 2.24) is 30.7 Å². The standard InChI is InChI=1S/C20H25N9O2/c1-28(15-10-6-3-7-11-15)13-16-17(23-27-29(16)19-18(21)25-31-26-19)20(30)24-22-12-14-8-4-2-5-9-14/h2,4-5,8-9,12,15H,3,6-7,10-11,13H2,1H3,(H2,21,25)(H,24,30)/p+1/b22-12-. The van der Waals surface area contributed by atoms with Gasteiger partial charge in [-0.15, -0.1) is 5.10 Å². The van der Waals surface area contributed by atoms with Crippen LogP contribution in [-0.4, -0.2) is 50.5 Å². The number of amides is 1. The molecule has 2 heterocycles. The van der Waals surface area contributed by atoms with Crippen molar-refractivity contribution in [2.45, 2.75) is 44.7 Å². The number of rotatable bonds is 7. The maximum atomic E-state index is 12.8. The van der Waals surface area contributed by atoms with Crippen LogP contribution in [0.2, 0.25) is 0 Å². The van der Waals surface area contributed by atoms with Gasteiger partial charge in [0.1, 0.15) is 12.2 Å². The first-order valence-electron chi connectivity index (χ1n) is 10.4. The van der Waals surface area contributed by atoms with E-state index >= 15 is 0 Å². The molecule has 0 aliphatic heterocycles. The van der Waals surface area contributed by atoms with Gasteiger partial charge in [0.2, 0.25) is 11.6 Å². The molecule has 4 N–H and O–H groups in total. The lowest BCUT2D eigenvalue weighted by atomic mass is 9.94. The number of nitrogens with one attached hydrogen (secondary N) is 2. The second-order valence-electron chi connectivity index (χ2n) is 7.74. The molecule has 1 unspecified atom stereocenters. The Bertz CT molecular complexity index is 1040. The van der Waals surface area contributed by atoms with E-state index in [1.54, 1.807) is 6.21 Å². The zero-order valence-corrected chi connectivity index (χ0v) is 17.4. The molecule has 1 aliphatic carbocycles. The van der Waals surface area contributed by atoms with E-state index in [0.717, 1.165) is 18.4 Å². The molecule has 31 heavy (non-hydrogen) atoms. The summed E-state index contributed by atoms with van der Waals surface area (Å²) in [5.41, 5.74) is 10.0. The van der Waals surface area contributed by atoms with E-state index in [0.29, 0.717) is 18.3 Å². The molecule has 1 aromatic carbocycles. The van der Waals surface area contributed by atoms with Crippen LogP contribution < -0.4 is 16.1 Å². The lowest BCUT2D eigenvalue weighted by Gasteiger charge is -2.28. The summed E-state index contributed by atoms with van der Waals surface area (Å²) in [4.78, 5) is 14.1. The average Bonchev–Trinajstić information content (AvgIpc) is 3.40. The second kappa shape index (κ2) is 9.47. The highest BCUT2D eigenvalue weighted by molar-refractivity contribution is 5.94. The van der Waals surface area contributed by atoms with E-state index in [-0.39, 0.29) is 17.3 Å². The highest BCUT2D eigenvalue weighted by Crippen LogP contribution is 2.18. The number of hydrogen-bond donors (Lipinski definition) is 3. The first-order valence-corrected chi connectivity index (χ1v) is 10.4. The van der Waals surface area contributed by atoms with Crippen LogP contribution in [0.15, 0.2) is 40.1 Å². The van der Waals surface area contributed by atoms with Gasteiger partial charge in [-0.05, 0) is 41.6 Å². The Kier molecular flexibility index (Phi) is 6.32. The fourth-order valence-corrected chi connectivity index (χ4v) is 3.91. The molecular weight excluding hydrogens is 398 g/mol. The molecule has 11 heteroatoms. The highest BCUT2D eigenvalue weighted by Gasteiger charge is 2.29. The third-order valence-electron chi connectivity index (χ3n) is 5.60. The van der Waals surface area contributed by atoms with Crippen LogP contribution in [0.4, 0.5) is 5.82 Å².